The lowest BCUT2D eigenvalue weighted by Gasteiger charge is -2.54. The van der Waals surface area contributed by atoms with E-state index in [0.717, 1.165) is 17.8 Å². The third-order valence-electron chi connectivity index (χ3n) is 5.01. The molecule has 1 fully saturated rings. The summed E-state index contributed by atoms with van der Waals surface area (Å²) in [6.07, 6.45) is 0. The van der Waals surface area contributed by atoms with Gasteiger partial charge in [0.1, 0.15) is 0 Å². The van der Waals surface area contributed by atoms with Crippen LogP contribution >= 0.6 is 0 Å². The maximum absolute atomic E-state index is 2.54. The fraction of sp³-hybridized carbons (Fsp3) is 1.00. The van der Waals surface area contributed by atoms with E-state index in [1.807, 2.05) is 0 Å². The summed E-state index contributed by atoms with van der Waals surface area (Å²) in [5, 5.41) is 0. The first-order valence-electron chi connectivity index (χ1n) is 5.53. The second-order valence-electron chi connectivity index (χ2n) is 5.51. The van der Waals surface area contributed by atoms with Crippen molar-refractivity contribution in [1.29, 1.82) is 0 Å². The number of likely N-dealkylation sites (tertiary alicyclic amines) is 1. The summed E-state index contributed by atoms with van der Waals surface area (Å²) in [6.45, 7) is 14.3. The Labute approximate surface area is 83.5 Å². The second kappa shape index (κ2) is 3.27. The van der Waals surface area contributed by atoms with E-state index in [4.69, 9.17) is 0 Å². The van der Waals surface area contributed by atoms with E-state index in [0.29, 0.717) is 11.6 Å². The highest BCUT2D eigenvalue weighted by atomic mass is 15.2. The van der Waals surface area contributed by atoms with Gasteiger partial charge in [0.05, 0.1) is 0 Å². The minimum atomic E-state index is 0.353. The summed E-state index contributed by atoms with van der Waals surface area (Å²) in [6, 6.07) is 0.709. The molecule has 1 saturated heterocycles. The van der Waals surface area contributed by atoms with Gasteiger partial charge in [0.15, 0.2) is 0 Å². The minimum absolute atomic E-state index is 0.353. The van der Waals surface area contributed by atoms with Crippen LogP contribution in [0.25, 0.3) is 0 Å². The zero-order valence-electron chi connectivity index (χ0n) is 10.3. The fourth-order valence-electron chi connectivity index (χ4n) is 2.74. The van der Waals surface area contributed by atoms with Crippen molar-refractivity contribution in [1.82, 2.24) is 4.90 Å². The van der Waals surface area contributed by atoms with Crippen molar-refractivity contribution < 1.29 is 0 Å². The van der Waals surface area contributed by atoms with E-state index >= 15 is 0 Å². The molecule has 0 saturated carbocycles. The van der Waals surface area contributed by atoms with Crippen LogP contribution in [-0.2, 0) is 0 Å². The quantitative estimate of drug-likeness (QED) is 0.558. The van der Waals surface area contributed by atoms with Crippen LogP contribution in [0.4, 0.5) is 0 Å². The Bertz CT molecular complexity index is 168. The molecule has 0 bridgehead atoms. The Morgan fingerprint density at radius 3 is 1.85 bits per heavy atom. The molecule has 0 aliphatic carbocycles. The molecule has 1 rings (SSSR count). The predicted molar refractivity (Wildman–Crippen MR) is 58.8 cm³/mol. The van der Waals surface area contributed by atoms with Gasteiger partial charge in [0.2, 0.25) is 0 Å². The first-order chi connectivity index (χ1) is 5.80. The van der Waals surface area contributed by atoms with Gasteiger partial charge in [-0.15, -0.1) is 0 Å². The number of hydrogen-bond donors (Lipinski definition) is 0. The average Bonchev–Trinajstić information content (AvgIpc) is 2.09. The SMILES string of the molecule is CC1C(C)C(C)C(C)(C)N(C)C1C. The van der Waals surface area contributed by atoms with Gasteiger partial charge in [-0.2, -0.15) is 0 Å². The van der Waals surface area contributed by atoms with Crippen LogP contribution in [0, 0.1) is 17.8 Å². The van der Waals surface area contributed by atoms with Gasteiger partial charge in [-0.05, 0) is 45.6 Å². The molecule has 0 amide bonds. The van der Waals surface area contributed by atoms with Gasteiger partial charge in [0, 0.05) is 11.6 Å². The van der Waals surface area contributed by atoms with Gasteiger partial charge in [-0.25, -0.2) is 0 Å². The summed E-state index contributed by atoms with van der Waals surface area (Å²) in [4.78, 5) is 2.54. The number of nitrogens with zero attached hydrogens (tertiary/aromatic N) is 1. The van der Waals surface area contributed by atoms with Crippen LogP contribution in [0.15, 0.2) is 0 Å². The third kappa shape index (κ3) is 1.52. The Morgan fingerprint density at radius 1 is 0.923 bits per heavy atom. The minimum Gasteiger partial charge on any atom is -0.298 e. The van der Waals surface area contributed by atoms with Crippen LogP contribution in [-0.4, -0.2) is 23.5 Å². The van der Waals surface area contributed by atoms with Crippen molar-refractivity contribution in [3.8, 4) is 0 Å². The molecule has 0 aromatic rings. The maximum atomic E-state index is 2.54. The summed E-state index contributed by atoms with van der Waals surface area (Å²) in [5.74, 6) is 2.43. The van der Waals surface area contributed by atoms with Gasteiger partial charge in [0.25, 0.3) is 0 Å². The molecule has 0 aromatic carbocycles. The Kier molecular flexibility index (Phi) is 2.78. The van der Waals surface area contributed by atoms with E-state index in [1.54, 1.807) is 0 Å². The molecule has 1 heteroatoms. The normalized spacial score (nSPS) is 46.4. The molecule has 78 valence electrons. The molecular formula is C12H25N. The fourth-order valence-corrected chi connectivity index (χ4v) is 2.74. The summed E-state index contributed by atoms with van der Waals surface area (Å²) in [5.41, 5.74) is 0.353. The van der Waals surface area contributed by atoms with E-state index in [1.165, 1.54) is 0 Å². The van der Waals surface area contributed by atoms with Crippen LogP contribution in [0.3, 0.4) is 0 Å². The molecular weight excluding hydrogens is 158 g/mol. The molecule has 0 spiro atoms. The maximum Gasteiger partial charge on any atom is 0.0181 e. The van der Waals surface area contributed by atoms with Gasteiger partial charge < -0.3 is 0 Å². The zero-order valence-corrected chi connectivity index (χ0v) is 10.3. The van der Waals surface area contributed by atoms with Crippen LogP contribution in [0.5, 0.6) is 0 Å². The van der Waals surface area contributed by atoms with Crippen molar-refractivity contribution in [2.24, 2.45) is 17.8 Å². The summed E-state index contributed by atoms with van der Waals surface area (Å²) in [7, 11) is 2.27. The molecule has 1 aliphatic rings. The standard InChI is InChI=1S/C12H25N/c1-8-9(2)11(4)13(7)12(5,6)10(8)3/h8-11H,1-7H3. The molecule has 1 aliphatic heterocycles. The van der Waals surface area contributed by atoms with Crippen LogP contribution in [0.1, 0.15) is 41.5 Å². The summed E-state index contributed by atoms with van der Waals surface area (Å²) < 4.78 is 0. The van der Waals surface area contributed by atoms with Crippen molar-refractivity contribution in [3.05, 3.63) is 0 Å². The van der Waals surface area contributed by atoms with Gasteiger partial charge in [-0.3, -0.25) is 4.90 Å². The first kappa shape index (κ1) is 11.0. The zero-order chi connectivity index (χ0) is 10.4. The monoisotopic (exact) mass is 183 g/mol. The molecule has 0 radical (unpaired) electrons. The Balaban J connectivity index is 2.93. The highest BCUT2D eigenvalue weighted by Gasteiger charge is 2.44. The number of rotatable bonds is 0. The van der Waals surface area contributed by atoms with Crippen molar-refractivity contribution >= 4 is 0 Å². The van der Waals surface area contributed by atoms with Crippen molar-refractivity contribution in [3.63, 3.8) is 0 Å². The highest BCUT2D eigenvalue weighted by Crippen LogP contribution is 2.41. The molecule has 1 nitrogen and oxygen atoms in total. The molecule has 0 aromatic heterocycles. The van der Waals surface area contributed by atoms with Crippen LogP contribution < -0.4 is 0 Å². The predicted octanol–water partition coefficient (Wildman–Crippen LogP) is 3.01. The topological polar surface area (TPSA) is 3.24 Å². The van der Waals surface area contributed by atoms with E-state index in [2.05, 4.69) is 53.5 Å². The van der Waals surface area contributed by atoms with Gasteiger partial charge in [-0.1, -0.05) is 20.8 Å². The Morgan fingerprint density at radius 2 is 1.38 bits per heavy atom. The average molecular weight is 183 g/mol. The molecule has 4 unspecified atom stereocenters. The summed E-state index contributed by atoms with van der Waals surface area (Å²) >= 11 is 0. The smallest absolute Gasteiger partial charge is 0.0181 e. The van der Waals surface area contributed by atoms with Crippen molar-refractivity contribution in [2.75, 3.05) is 7.05 Å². The van der Waals surface area contributed by atoms with E-state index in [-0.39, 0.29) is 0 Å². The number of piperidine rings is 1. The lowest BCUT2D eigenvalue weighted by Crippen LogP contribution is -2.60. The first-order valence-corrected chi connectivity index (χ1v) is 5.53. The molecule has 1 heterocycles. The molecule has 4 atom stereocenters. The lowest BCUT2D eigenvalue weighted by molar-refractivity contribution is -0.0528. The van der Waals surface area contributed by atoms with E-state index < -0.39 is 0 Å². The van der Waals surface area contributed by atoms with Crippen molar-refractivity contribution in [2.45, 2.75) is 53.1 Å². The van der Waals surface area contributed by atoms with Gasteiger partial charge >= 0.3 is 0 Å². The largest absolute Gasteiger partial charge is 0.298 e. The van der Waals surface area contributed by atoms with Crippen LogP contribution in [0.2, 0.25) is 0 Å². The lowest BCUT2D eigenvalue weighted by atomic mass is 9.67. The molecule has 13 heavy (non-hydrogen) atoms. The van der Waals surface area contributed by atoms with E-state index in [9.17, 15) is 0 Å². The second-order valence-corrected chi connectivity index (χ2v) is 5.51. The highest BCUT2D eigenvalue weighted by molar-refractivity contribution is 4.97. The third-order valence-corrected chi connectivity index (χ3v) is 5.01. The molecule has 0 N–H and O–H groups in total. The Hall–Kier alpha value is -0.0400. The number of hydrogen-bond acceptors (Lipinski definition) is 1.